The molecule has 0 aromatic heterocycles. The first-order chi connectivity index (χ1) is 4.26. The summed E-state index contributed by atoms with van der Waals surface area (Å²) in [5, 5.41) is 0. The van der Waals surface area contributed by atoms with Gasteiger partial charge < -0.3 is 15.2 Å². The van der Waals surface area contributed by atoms with Crippen molar-refractivity contribution in [2.24, 2.45) is 5.73 Å². The average Bonchev–Trinajstić information content (AvgIpc) is 1.90. The van der Waals surface area contributed by atoms with Gasteiger partial charge in [0.05, 0.1) is 7.11 Å². The lowest BCUT2D eigenvalue weighted by Crippen LogP contribution is -2.32. The number of hydrogen-bond acceptors (Lipinski definition) is 4. The van der Waals surface area contributed by atoms with Gasteiger partial charge >= 0.3 is 5.97 Å². The van der Waals surface area contributed by atoms with E-state index in [9.17, 15) is 4.79 Å². The van der Waals surface area contributed by atoms with Gasteiger partial charge in [-0.05, 0) is 0 Å². The van der Waals surface area contributed by atoms with Crippen LogP contribution in [0, 0.1) is 0 Å². The highest BCUT2D eigenvalue weighted by molar-refractivity contribution is 5.74. The molecule has 0 rings (SSSR count). The fourth-order valence-corrected chi connectivity index (χ4v) is 0.420. The lowest BCUT2D eigenvalue weighted by atomic mass is 10.4. The van der Waals surface area contributed by atoms with Crippen LogP contribution in [-0.4, -0.2) is 32.8 Å². The molecule has 0 unspecified atom stereocenters. The summed E-state index contributed by atoms with van der Waals surface area (Å²) in [6.07, 6.45) is -0.616. The molecule has 0 aliphatic rings. The van der Waals surface area contributed by atoms with Gasteiger partial charge in [0.2, 0.25) is 0 Å². The molecule has 0 fully saturated rings. The molecular formula is C5H11NO3. The van der Waals surface area contributed by atoms with Crippen LogP contribution in [0.2, 0.25) is 0 Å². The zero-order chi connectivity index (χ0) is 7.28. The van der Waals surface area contributed by atoms with Crippen molar-refractivity contribution in [2.75, 3.05) is 20.8 Å². The predicted octanol–water partition coefficient (Wildman–Crippen LogP) is -0.867. The first kappa shape index (κ1) is 8.39. The van der Waals surface area contributed by atoms with E-state index in [0.717, 1.165) is 0 Å². The SMILES string of the molecule is COC(=O)[C@H](CN)OC. The van der Waals surface area contributed by atoms with Gasteiger partial charge in [0.1, 0.15) is 0 Å². The van der Waals surface area contributed by atoms with E-state index in [1.54, 1.807) is 0 Å². The minimum Gasteiger partial charge on any atom is -0.467 e. The Kier molecular flexibility index (Phi) is 4.00. The molecule has 0 saturated carbocycles. The maximum atomic E-state index is 10.5. The summed E-state index contributed by atoms with van der Waals surface area (Å²) in [4.78, 5) is 10.5. The van der Waals surface area contributed by atoms with Gasteiger partial charge in [-0.15, -0.1) is 0 Å². The maximum Gasteiger partial charge on any atom is 0.336 e. The molecule has 0 bridgehead atoms. The van der Waals surface area contributed by atoms with Crippen LogP contribution < -0.4 is 5.73 Å². The van der Waals surface area contributed by atoms with E-state index < -0.39 is 12.1 Å². The number of ether oxygens (including phenoxy) is 2. The molecule has 54 valence electrons. The van der Waals surface area contributed by atoms with Gasteiger partial charge in [-0.1, -0.05) is 0 Å². The van der Waals surface area contributed by atoms with Crippen molar-refractivity contribution in [2.45, 2.75) is 6.10 Å². The van der Waals surface area contributed by atoms with E-state index in [-0.39, 0.29) is 6.54 Å². The average molecular weight is 133 g/mol. The van der Waals surface area contributed by atoms with E-state index in [2.05, 4.69) is 9.47 Å². The molecule has 0 heterocycles. The Morgan fingerprint density at radius 1 is 1.67 bits per heavy atom. The molecule has 0 aliphatic carbocycles. The summed E-state index contributed by atoms with van der Waals surface area (Å²) >= 11 is 0. The normalized spacial score (nSPS) is 12.8. The Labute approximate surface area is 53.9 Å². The minimum absolute atomic E-state index is 0.156. The van der Waals surface area contributed by atoms with Crippen LogP contribution >= 0.6 is 0 Å². The highest BCUT2D eigenvalue weighted by Gasteiger charge is 2.14. The topological polar surface area (TPSA) is 61.5 Å². The third kappa shape index (κ3) is 2.43. The summed E-state index contributed by atoms with van der Waals surface area (Å²) in [7, 11) is 2.71. The van der Waals surface area contributed by atoms with Crippen LogP contribution in [0.25, 0.3) is 0 Å². The zero-order valence-electron chi connectivity index (χ0n) is 5.59. The molecule has 0 aliphatic heterocycles. The third-order valence-corrected chi connectivity index (χ3v) is 0.963. The lowest BCUT2D eigenvalue weighted by molar-refractivity contribution is -0.151. The molecule has 0 aromatic rings. The third-order valence-electron chi connectivity index (χ3n) is 0.963. The number of carbonyl (C=O) groups excluding carboxylic acids is 1. The monoisotopic (exact) mass is 133 g/mol. The number of hydrogen-bond donors (Lipinski definition) is 1. The van der Waals surface area contributed by atoms with Crippen molar-refractivity contribution < 1.29 is 14.3 Å². The molecule has 9 heavy (non-hydrogen) atoms. The van der Waals surface area contributed by atoms with E-state index in [4.69, 9.17) is 5.73 Å². The molecule has 0 aromatic carbocycles. The quantitative estimate of drug-likeness (QED) is 0.508. The van der Waals surface area contributed by atoms with Gasteiger partial charge in [0.15, 0.2) is 6.10 Å². The second-order valence-corrected chi connectivity index (χ2v) is 1.48. The predicted molar refractivity (Wildman–Crippen MR) is 31.9 cm³/mol. The standard InChI is InChI=1S/C5H11NO3/c1-8-4(3-6)5(7)9-2/h4H,3,6H2,1-2H3/t4-/m0/s1. The van der Waals surface area contributed by atoms with E-state index in [1.165, 1.54) is 14.2 Å². The Hall–Kier alpha value is -0.610. The van der Waals surface area contributed by atoms with Crippen molar-refractivity contribution in [1.29, 1.82) is 0 Å². The number of esters is 1. The van der Waals surface area contributed by atoms with Crippen LogP contribution in [0.3, 0.4) is 0 Å². The number of rotatable bonds is 3. The summed E-state index contributed by atoms with van der Waals surface area (Å²) in [5.74, 6) is -0.431. The lowest BCUT2D eigenvalue weighted by Gasteiger charge is -2.08. The molecule has 0 saturated heterocycles. The van der Waals surface area contributed by atoms with Crippen LogP contribution in [0.1, 0.15) is 0 Å². The van der Waals surface area contributed by atoms with Crippen molar-refractivity contribution in [1.82, 2.24) is 0 Å². The van der Waals surface area contributed by atoms with Crippen LogP contribution in [0.4, 0.5) is 0 Å². The highest BCUT2D eigenvalue weighted by atomic mass is 16.6. The highest BCUT2D eigenvalue weighted by Crippen LogP contribution is 1.88. The van der Waals surface area contributed by atoms with E-state index in [1.807, 2.05) is 0 Å². The molecule has 0 amide bonds. The van der Waals surface area contributed by atoms with Gasteiger partial charge in [0.25, 0.3) is 0 Å². The van der Waals surface area contributed by atoms with Crippen LogP contribution in [0.5, 0.6) is 0 Å². The zero-order valence-corrected chi connectivity index (χ0v) is 5.59. The molecule has 4 nitrogen and oxygen atoms in total. The van der Waals surface area contributed by atoms with Crippen molar-refractivity contribution >= 4 is 5.97 Å². The second kappa shape index (κ2) is 4.29. The number of methoxy groups -OCH3 is 2. The van der Waals surface area contributed by atoms with Crippen LogP contribution in [0.15, 0.2) is 0 Å². The largest absolute Gasteiger partial charge is 0.467 e. The fraction of sp³-hybridized carbons (Fsp3) is 0.800. The molecule has 0 radical (unpaired) electrons. The molecule has 0 spiro atoms. The van der Waals surface area contributed by atoms with Gasteiger partial charge in [-0.25, -0.2) is 4.79 Å². The van der Waals surface area contributed by atoms with Gasteiger partial charge in [-0.2, -0.15) is 0 Å². The summed E-state index contributed by atoms with van der Waals surface area (Å²) in [6, 6.07) is 0. The number of carbonyl (C=O) groups is 1. The smallest absolute Gasteiger partial charge is 0.336 e. The summed E-state index contributed by atoms with van der Waals surface area (Å²) < 4.78 is 9.00. The van der Waals surface area contributed by atoms with E-state index in [0.29, 0.717) is 0 Å². The van der Waals surface area contributed by atoms with Crippen molar-refractivity contribution in [3.63, 3.8) is 0 Å². The molecule has 4 heteroatoms. The fourth-order valence-electron chi connectivity index (χ4n) is 0.420. The van der Waals surface area contributed by atoms with Gasteiger partial charge in [0, 0.05) is 13.7 Å². The Morgan fingerprint density at radius 3 is 2.33 bits per heavy atom. The Balaban J connectivity index is 3.64. The molecule has 2 N–H and O–H groups in total. The van der Waals surface area contributed by atoms with Gasteiger partial charge in [-0.3, -0.25) is 0 Å². The second-order valence-electron chi connectivity index (χ2n) is 1.48. The summed E-state index contributed by atoms with van der Waals surface area (Å²) in [5.41, 5.74) is 5.13. The minimum atomic E-state index is -0.616. The van der Waals surface area contributed by atoms with E-state index >= 15 is 0 Å². The van der Waals surface area contributed by atoms with Crippen molar-refractivity contribution in [3.8, 4) is 0 Å². The Morgan fingerprint density at radius 2 is 2.22 bits per heavy atom. The first-order valence-electron chi connectivity index (χ1n) is 2.57. The van der Waals surface area contributed by atoms with Crippen molar-refractivity contribution in [3.05, 3.63) is 0 Å². The first-order valence-corrected chi connectivity index (χ1v) is 2.57. The molecule has 1 atom stereocenters. The van der Waals surface area contributed by atoms with Crippen LogP contribution in [-0.2, 0) is 14.3 Å². The number of nitrogens with two attached hydrogens (primary N) is 1. The molecular weight excluding hydrogens is 122 g/mol. The Bertz CT molecular complexity index is 90.2. The maximum absolute atomic E-state index is 10.5. The summed E-state index contributed by atoms with van der Waals surface area (Å²) in [6.45, 7) is 0.156.